The van der Waals surface area contributed by atoms with Crippen LogP contribution in [-0.2, 0) is 13.3 Å². The highest BCUT2D eigenvalue weighted by Gasteiger charge is 2.11. The molecule has 0 aliphatic heterocycles. The van der Waals surface area contributed by atoms with Crippen molar-refractivity contribution < 1.29 is 13.3 Å². The van der Waals surface area contributed by atoms with E-state index in [0.717, 1.165) is 36.2 Å². The topological polar surface area (TPSA) is 27.7 Å². The van der Waals surface area contributed by atoms with Gasteiger partial charge >= 0.3 is 9.28 Å². The third-order valence-corrected chi connectivity index (χ3v) is 5.49. The normalized spacial score (nSPS) is 10.9. The maximum atomic E-state index is 5.37. The smallest absolute Gasteiger partial charge is 0.325 e. The zero-order valence-electron chi connectivity index (χ0n) is 12.7. The Morgan fingerprint density at radius 1 is 1.11 bits per heavy atom. The van der Waals surface area contributed by atoms with Crippen LogP contribution in [-0.4, -0.2) is 38.6 Å². The predicted octanol–water partition coefficient (Wildman–Crippen LogP) is 2.10. The highest BCUT2D eigenvalue weighted by molar-refractivity contribution is 6.44. The first-order chi connectivity index (χ1) is 8.47. The third-order valence-electron chi connectivity index (χ3n) is 2.25. The van der Waals surface area contributed by atoms with Gasteiger partial charge in [0.25, 0.3) is 0 Å². The molecule has 0 rings (SSSR count). The maximum absolute atomic E-state index is 5.37. The first kappa shape index (κ1) is 20.1. The van der Waals surface area contributed by atoms with Crippen molar-refractivity contribution in [2.24, 2.45) is 0 Å². The predicted molar refractivity (Wildman–Crippen MR) is 85.3 cm³/mol. The van der Waals surface area contributed by atoms with Gasteiger partial charge in [-0.05, 0) is 34.1 Å². The number of allylic oxidation sites excluding steroid dienone is 1. The lowest BCUT2D eigenvalue weighted by molar-refractivity contribution is 0.127. The van der Waals surface area contributed by atoms with Gasteiger partial charge in [-0.3, -0.25) is 0 Å². The molecule has 5 heteroatoms. The molecule has 0 unspecified atom stereocenters. The summed E-state index contributed by atoms with van der Waals surface area (Å²) >= 11 is 0. The minimum absolute atomic E-state index is 0.0357. The SMILES string of the molecule is C=CCC(C)(C)O[SiH3].C=CC[SiH](OCC)OCC. The fraction of sp³-hybridized carbons (Fsp3) is 0.692. The molecule has 0 amide bonds. The molecule has 0 spiro atoms. The monoisotopic (exact) mass is 290 g/mol. The van der Waals surface area contributed by atoms with Crippen molar-refractivity contribution in [3.8, 4) is 0 Å². The molecule has 0 aliphatic carbocycles. The average molecular weight is 291 g/mol. The molecule has 0 saturated carbocycles. The van der Waals surface area contributed by atoms with E-state index >= 15 is 0 Å². The summed E-state index contributed by atoms with van der Waals surface area (Å²) in [6.07, 6.45) is 4.69. The van der Waals surface area contributed by atoms with Crippen LogP contribution >= 0.6 is 0 Å². The maximum Gasteiger partial charge on any atom is 0.325 e. The van der Waals surface area contributed by atoms with Crippen molar-refractivity contribution in [1.82, 2.24) is 0 Å². The summed E-state index contributed by atoms with van der Waals surface area (Å²) < 4.78 is 16.0. The van der Waals surface area contributed by atoms with Crippen LogP contribution in [0, 0.1) is 0 Å². The van der Waals surface area contributed by atoms with Crippen molar-refractivity contribution in [1.29, 1.82) is 0 Å². The van der Waals surface area contributed by atoms with Crippen molar-refractivity contribution in [2.45, 2.75) is 45.8 Å². The molecule has 18 heavy (non-hydrogen) atoms. The molecule has 0 aliphatic rings. The highest BCUT2D eigenvalue weighted by Crippen LogP contribution is 2.11. The van der Waals surface area contributed by atoms with E-state index in [1.807, 2.05) is 26.0 Å². The molecule has 108 valence electrons. The summed E-state index contributed by atoms with van der Waals surface area (Å²) in [6.45, 7) is 16.9. The van der Waals surface area contributed by atoms with E-state index in [9.17, 15) is 0 Å². The lowest BCUT2D eigenvalue weighted by atomic mass is 10.1. The second kappa shape index (κ2) is 13.2. The summed E-state index contributed by atoms with van der Waals surface area (Å²) in [5.41, 5.74) is 0.0357. The second-order valence-electron chi connectivity index (χ2n) is 4.32. The van der Waals surface area contributed by atoms with Crippen LogP contribution in [0.15, 0.2) is 25.3 Å². The van der Waals surface area contributed by atoms with Crippen LogP contribution in [0.1, 0.15) is 34.1 Å². The van der Waals surface area contributed by atoms with E-state index < -0.39 is 9.28 Å². The Labute approximate surface area is 118 Å². The summed E-state index contributed by atoms with van der Waals surface area (Å²) in [7, 11) is -0.538. The van der Waals surface area contributed by atoms with E-state index in [2.05, 4.69) is 27.0 Å². The molecule has 0 fully saturated rings. The summed E-state index contributed by atoms with van der Waals surface area (Å²) in [4.78, 5) is 0. The second-order valence-corrected chi connectivity index (χ2v) is 6.73. The molecule has 0 aromatic heterocycles. The van der Waals surface area contributed by atoms with Gasteiger partial charge in [-0.1, -0.05) is 12.2 Å². The lowest BCUT2D eigenvalue weighted by Crippen LogP contribution is -2.21. The Hall–Kier alpha value is -0.206. The van der Waals surface area contributed by atoms with Gasteiger partial charge in [-0.2, -0.15) is 0 Å². The van der Waals surface area contributed by atoms with Gasteiger partial charge in [-0.25, -0.2) is 0 Å². The molecular weight excluding hydrogens is 260 g/mol. The quantitative estimate of drug-likeness (QED) is 0.481. The van der Waals surface area contributed by atoms with E-state index in [4.69, 9.17) is 13.3 Å². The van der Waals surface area contributed by atoms with Crippen LogP contribution in [0.2, 0.25) is 6.04 Å². The van der Waals surface area contributed by atoms with Crippen LogP contribution in [0.25, 0.3) is 0 Å². The molecule has 0 N–H and O–H groups in total. The minimum Gasteiger partial charge on any atom is -0.423 e. The first-order valence-electron chi connectivity index (χ1n) is 6.47. The van der Waals surface area contributed by atoms with Gasteiger partial charge in [0.1, 0.15) is 10.5 Å². The van der Waals surface area contributed by atoms with Crippen LogP contribution in [0.4, 0.5) is 0 Å². The Balaban J connectivity index is 0. The van der Waals surface area contributed by atoms with Crippen LogP contribution in [0.5, 0.6) is 0 Å². The van der Waals surface area contributed by atoms with E-state index in [0.29, 0.717) is 0 Å². The van der Waals surface area contributed by atoms with Crippen molar-refractivity contribution in [3.63, 3.8) is 0 Å². The Morgan fingerprint density at radius 3 is 1.83 bits per heavy atom. The average Bonchev–Trinajstić information content (AvgIpc) is 2.31. The van der Waals surface area contributed by atoms with Crippen molar-refractivity contribution in [2.75, 3.05) is 13.2 Å². The van der Waals surface area contributed by atoms with Gasteiger partial charge in [0.2, 0.25) is 0 Å². The standard InChI is InChI=1S/C7H16O2Si.C6H14OSi/c1-4-7-10(8-5-2)9-6-3;1-4-5-6(2,3)7-8/h4,10H,1,5-7H2,2-3H3;4H,1,5H2,2-3,8H3. The minimum atomic E-state index is -1.35. The molecule has 3 nitrogen and oxygen atoms in total. The Bertz CT molecular complexity index is 202. The van der Waals surface area contributed by atoms with Crippen molar-refractivity contribution >= 4 is 19.8 Å². The molecular formula is C13H30O3Si2. The zero-order chi connectivity index (χ0) is 14.4. The summed E-state index contributed by atoms with van der Waals surface area (Å²) in [6, 6.07) is 0.904. The van der Waals surface area contributed by atoms with Gasteiger partial charge in [0.05, 0.1) is 5.60 Å². The van der Waals surface area contributed by atoms with Gasteiger partial charge in [0, 0.05) is 19.3 Å². The van der Waals surface area contributed by atoms with Gasteiger partial charge in [0.15, 0.2) is 0 Å². The van der Waals surface area contributed by atoms with Gasteiger partial charge in [-0.15, -0.1) is 13.2 Å². The summed E-state index contributed by atoms with van der Waals surface area (Å²) in [5.74, 6) is 0. The van der Waals surface area contributed by atoms with Crippen LogP contribution in [0.3, 0.4) is 0 Å². The number of hydrogen-bond acceptors (Lipinski definition) is 3. The molecule has 0 aromatic carbocycles. The third kappa shape index (κ3) is 13.9. The Morgan fingerprint density at radius 2 is 1.61 bits per heavy atom. The van der Waals surface area contributed by atoms with E-state index in [1.165, 1.54) is 0 Å². The lowest BCUT2D eigenvalue weighted by Gasteiger charge is -2.20. The van der Waals surface area contributed by atoms with Gasteiger partial charge < -0.3 is 13.3 Å². The molecule has 0 bridgehead atoms. The van der Waals surface area contributed by atoms with E-state index in [-0.39, 0.29) is 5.60 Å². The fourth-order valence-corrected chi connectivity index (χ4v) is 2.67. The zero-order valence-corrected chi connectivity index (χ0v) is 15.9. The number of hydrogen-bond donors (Lipinski definition) is 0. The molecule has 0 aromatic rings. The summed E-state index contributed by atoms with van der Waals surface area (Å²) in [5, 5.41) is 0. The largest absolute Gasteiger partial charge is 0.423 e. The van der Waals surface area contributed by atoms with Crippen LogP contribution < -0.4 is 0 Å². The number of rotatable bonds is 9. The van der Waals surface area contributed by atoms with Crippen molar-refractivity contribution in [3.05, 3.63) is 25.3 Å². The molecule has 0 heterocycles. The van der Waals surface area contributed by atoms with E-state index in [1.54, 1.807) is 0 Å². The first-order valence-corrected chi connectivity index (χ1v) is 9.05. The molecule has 0 radical (unpaired) electrons. The molecule has 0 atom stereocenters. The highest BCUT2D eigenvalue weighted by atomic mass is 28.3. The molecule has 0 saturated heterocycles. The Kier molecular flexibility index (Phi) is 14.8. The fourth-order valence-electron chi connectivity index (χ4n) is 1.12.